The van der Waals surface area contributed by atoms with Gasteiger partial charge < -0.3 is 4.74 Å². The molecule has 0 N–H and O–H groups in total. The maximum atomic E-state index is 11.8. The van der Waals surface area contributed by atoms with Crippen LogP contribution in [0.25, 0.3) is 0 Å². The Morgan fingerprint density at radius 2 is 1.53 bits per heavy atom. The third kappa shape index (κ3) is 10.7. The number of esters is 1. The first-order valence-corrected chi connectivity index (χ1v) is 7.53. The van der Waals surface area contributed by atoms with E-state index in [0.29, 0.717) is 19.6 Å². The lowest BCUT2D eigenvalue weighted by molar-refractivity contribution is -0.144. The Kier molecular flexibility index (Phi) is 11.6. The van der Waals surface area contributed by atoms with Gasteiger partial charge >= 0.3 is 5.97 Å². The van der Waals surface area contributed by atoms with E-state index in [9.17, 15) is 9.59 Å². The van der Waals surface area contributed by atoms with Crippen LogP contribution in [-0.4, -0.2) is 42.9 Å². The van der Waals surface area contributed by atoms with Crippen LogP contribution in [0.5, 0.6) is 0 Å². The Hall–Kier alpha value is -0.900. The summed E-state index contributed by atoms with van der Waals surface area (Å²) in [5.41, 5.74) is 0. The summed E-state index contributed by atoms with van der Waals surface area (Å²) >= 11 is 0. The molecule has 112 valence electrons. The minimum absolute atomic E-state index is 0.139. The first-order valence-electron chi connectivity index (χ1n) is 7.53. The molecule has 0 radical (unpaired) electrons. The lowest BCUT2D eigenvalue weighted by Gasteiger charge is -2.20. The number of unbranched alkanes of at least 4 members (excludes halogenated alkanes) is 2. The van der Waals surface area contributed by atoms with Crippen molar-refractivity contribution in [3.8, 4) is 0 Å². The fraction of sp³-hybridized carbons (Fsp3) is 0.867. The van der Waals surface area contributed by atoms with Crippen LogP contribution in [0, 0.1) is 0 Å². The summed E-state index contributed by atoms with van der Waals surface area (Å²) in [5, 5.41) is 0. The van der Waals surface area contributed by atoms with Gasteiger partial charge in [-0.2, -0.15) is 0 Å². The van der Waals surface area contributed by atoms with Crippen LogP contribution < -0.4 is 0 Å². The van der Waals surface area contributed by atoms with Crippen molar-refractivity contribution < 1.29 is 14.3 Å². The van der Waals surface area contributed by atoms with Crippen molar-refractivity contribution in [2.45, 2.75) is 59.3 Å². The average molecular weight is 271 g/mol. The molecule has 0 fully saturated rings. The summed E-state index contributed by atoms with van der Waals surface area (Å²) in [5.74, 6) is -0.134. The molecule has 0 aromatic rings. The Morgan fingerprint density at radius 1 is 0.947 bits per heavy atom. The smallest absolute Gasteiger partial charge is 0.306 e. The molecule has 0 aromatic heterocycles. The topological polar surface area (TPSA) is 46.6 Å². The monoisotopic (exact) mass is 271 g/mol. The lowest BCUT2D eigenvalue weighted by atomic mass is 10.2. The lowest BCUT2D eigenvalue weighted by Crippen LogP contribution is -2.32. The minimum atomic E-state index is -0.274. The van der Waals surface area contributed by atoms with Gasteiger partial charge in [0.1, 0.15) is 5.78 Å². The number of carbonyl (C=O) groups is 2. The Balaban J connectivity index is 3.96. The van der Waals surface area contributed by atoms with Crippen molar-refractivity contribution in [2.75, 3.05) is 26.2 Å². The third-order valence-corrected chi connectivity index (χ3v) is 2.97. The highest BCUT2D eigenvalue weighted by Gasteiger charge is 2.12. The van der Waals surface area contributed by atoms with E-state index < -0.39 is 0 Å². The summed E-state index contributed by atoms with van der Waals surface area (Å²) in [7, 11) is 0. The van der Waals surface area contributed by atoms with Gasteiger partial charge in [-0.1, -0.05) is 26.7 Å². The first-order chi connectivity index (χ1) is 9.13. The van der Waals surface area contributed by atoms with Crippen LogP contribution in [0.15, 0.2) is 0 Å². The largest absolute Gasteiger partial charge is 0.466 e. The molecule has 4 nitrogen and oxygen atoms in total. The number of ether oxygens (including phenoxy) is 1. The quantitative estimate of drug-likeness (QED) is 0.512. The summed E-state index contributed by atoms with van der Waals surface area (Å²) < 4.78 is 4.82. The average Bonchev–Trinajstić information content (AvgIpc) is 2.40. The predicted molar refractivity (Wildman–Crippen MR) is 77.1 cm³/mol. The van der Waals surface area contributed by atoms with Crippen LogP contribution in [0.1, 0.15) is 59.3 Å². The van der Waals surface area contributed by atoms with Gasteiger partial charge in [0.15, 0.2) is 0 Å². The van der Waals surface area contributed by atoms with Gasteiger partial charge in [-0.15, -0.1) is 0 Å². The Morgan fingerprint density at radius 3 is 2.00 bits per heavy atom. The van der Waals surface area contributed by atoms with Crippen LogP contribution in [0.2, 0.25) is 0 Å². The fourth-order valence-electron chi connectivity index (χ4n) is 1.84. The van der Waals surface area contributed by atoms with E-state index in [1.54, 1.807) is 6.92 Å². The predicted octanol–water partition coefficient (Wildman–Crippen LogP) is 2.80. The Bertz CT molecular complexity index is 246. The molecule has 0 aliphatic rings. The molecule has 0 aliphatic heterocycles. The summed E-state index contributed by atoms with van der Waals surface area (Å²) in [4.78, 5) is 25.2. The van der Waals surface area contributed by atoms with Crippen molar-refractivity contribution in [2.24, 2.45) is 0 Å². The number of ketones is 1. The van der Waals surface area contributed by atoms with E-state index in [1.165, 1.54) is 0 Å². The minimum Gasteiger partial charge on any atom is -0.466 e. The van der Waals surface area contributed by atoms with Gasteiger partial charge in [0.2, 0.25) is 0 Å². The number of hydrogen-bond donors (Lipinski definition) is 0. The molecule has 0 spiro atoms. The van der Waals surface area contributed by atoms with Gasteiger partial charge in [-0.25, -0.2) is 0 Å². The van der Waals surface area contributed by atoms with E-state index >= 15 is 0 Å². The van der Waals surface area contributed by atoms with Crippen molar-refractivity contribution >= 4 is 11.8 Å². The first kappa shape index (κ1) is 18.1. The second-order valence-corrected chi connectivity index (χ2v) is 4.83. The summed E-state index contributed by atoms with van der Waals surface area (Å²) in [6, 6.07) is 0. The van der Waals surface area contributed by atoms with E-state index in [4.69, 9.17) is 4.74 Å². The van der Waals surface area contributed by atoms with Crippen molar-refractivity contribution in [3.05, 3.63) is 0 Å². The SMILES string of the molecule is CCCCN(CCCC)CC(=O)CCC(=O)OCC. The molecule has 0 saturated carbocycles. The Labute approximate surface area is 117 Å². The van der Waals surface area contributed by atoms with Crippen LogP contribution >= 0.6 is 0 Å². The molecular weight excluding hydrogens is 242 g/mol. The van der Waals surface area contributed by atoms with Crippen LogP contribution in [0.3, 0.4) is 0 Å². The molecule has 0 unspecified atom stereocenters. The second-order valence-electron chi connectivity index (χ2n) is 4.83. The fourth-order valence-corrected chi connectivity index (χ4v) is 1.84. The zero-order valence-corrected chi connectivity index (χ0v) is 12.7. The summed E-state index contributed by atoms with van der Waals surface area (Å²) in [6.45, 7) is 8.88. The number of nitrogens with zero attached hydrogens (tertiary/aromatic N) is 1. The maximum absolute atomic E-state index is 11.8. The van der Waals surface area contributed by atoms with Crippen molar-refractivity contribution in [3.63, 3.8) is 0 Å². The molecule has 0 atom stereocenters. The van der Waals surface area contributed by atoms with Crippen LogP contribution in [0.4, 0.5) is 0 Å². The zero-order chi connectivity index (χ0) is 14.5. The molecule has 0 aliphatic carbocycles. The number of carbonyl (C=O) groups excluding carboxylic acids is 2. The third-order valence-electron chi connectivity index (χ3n) is 2.97. The molecule has 0 aromatic carbocycles. The van der Waals surface area contributed by atoms with E-state index in [-0.39, 0.29) is 18.2 Å². The molecule has 0 heterocycles. The molecule has 0 rings (SSSR count). The molecule has 0 amide bonds. The highest BCUT2D eigenvalue weighted by atomic mass is 16.5. The zero-order valence-electron chi connectivity index (χ0n) is 12.7. The van der Waals surface area contributed by atoms with E-state index in [1.807, 2.05) is 0 Å². The van der Waals surface area contributed by atoms with Gasteiger partial charge in [-0.3, -0.25) is 14.5 Å². The van der Waals surface area contributed by atoms with Gasteiger partial charge in [0, 0.05) is 6.42 Å². The molecule has 19 heavy (non-hydrogen) atoms. The molecule has 4 heteroatoms. The molecule has 0 saturated heterocycles. The number of rotatable bonds is 12. The van der Waals surface area contributed by atoms with Gasteiger partial charge in [0.05, 0.1) is 19.6 Å². The van der Waals surface area contributed by atoms with Crippen LogP contribution in [-0.2, 0) is 14.3 Å². The van der Waals surface area contributed by atoms with Crippen molar-refractivity contribution in [1.29, 1.82) is 0 Å². The highest BCUT2D eigenvalue weighted by molar-refractivity contribution is 5.84. The molecule has 0 bridgehead atoms. The highest BCUT2D eigenvalue weighted by Crippen LogP contribution is 2.02. The number of Topliss-reactive ketones (excluding diaryl/α,β-unsaturated/α-hetero) is 1. The molecular formula is C15H29NO3. The second kappa shape index (κ2) is 12.2. The van der Waals surface area contributed by atoms with Gasteiger partial charge in [-0.05, 0) is 32.9 Å². The van der Waals surface area contributed by atoms with E-state index in [2.05, 4.69) is 18.7 Å². The van der Waals surface area contributed by atoms with Gasteiger partial charge in [0.25, 0.3) is 0 Å². The van der Waals surface area contributed by atoms with Crippen molar-refractivity contribution in [1.82, 2.24) is 4.90 Å². The maximum Gasteiger partial charge on any atom is 0.306 e. The summed E-state index contributed by atoms with van der Waals surface area (Å²) in [6.07, 6.45) is 5.03. The standard InChI is InChI=1S/C15H29NO3/c1-4-7-11-16(12-8-5-2)13-14(17)9-10-15(18)19-6-3/h4-13H2,1-3H3. The normalized spacial score (nSPS) is 10.7. The number of hydrogen-bond acceptors (Lipinski definition) is 4. The van der Waals surface area contributed by atoms with E-state index in [0.717, 1.165) is 38.8 Å².